The number of anilines is 1. The van der Waals surface area contributed by atoms with Gasteiger partial charge in [0.1, 0.15) is 17.2 Å². The molecule has 0 bridgehead atoms. The van der Waals surface area contributed by atoms with Crippen LogP contribution in [-0.4, -0.2) is 68.7 Å². The summed E-state index contributed by atoms with van der Waals surface area (Å²) in [6, 6.07) is 2.39. The van der Waals surface area contributed by atoms with Crippen molar-refractivity contribution < 1.29 is 14.3 Å². The lowest BCUT2D eigenvalue weighted by atomic mass is 9.62. The summed E-state index contributed by atoms with van der Waals surface area (Å²) in [5.74, 6) is -0.175. The van der Waals surface area contributed by atoms with E-state index in [1.54, 1.807) is 18.7 Å². The molecule has 4 heterocycles. The Morgan fingerprint density at radius 2 is 1.89 bits per heavy atom. The highest BCUT2D eigenvalue weighted by molar-refractivity contribution is 7.16. The van der Waals surface area contributed by atoms with E-state index < -0.39 is 5.41 Å². The molecule has 13 heteroatoms. The maximum absolute atomic E-state index is 14.5. The second kappa shape index (κ2) is 11.5. The highest BCUT2D eigenvalue weighted by Crippen LogP contribution is 2.53. The SMILES string of the molecule is COC1CC(n2c(=O)n(C)c3c(O[C@@H](C)[C@@H]4CCCN4C)nc(C(=O)C4=C(N)[C@@]5(CCC4)CCCc4sc(N)c(C#N)c45)nc32)C1. The Labute approximate surface area is 272 Å². The summed E-state index contributed by atoms with van der Waals surface area (Å²) in [6.07, 6.45) is 7.69. The average Bonchev–Trinajstić information content (AvgIpc) is 3.67. The molecule has 2 fully saturated rings. The smallest absolute Gasteiger partial charge is 0.330 e. The molecule has 244 valence electrons. The monoisotopic (exact) mass is 646 g/mol. The Balaban J connectivity index is 1.36. The van der Waals surface area contributed by atoms with Crippen LogP contribution in [0.3, 0.4) is 0 Å². The fraction of sp³-hybridized carbons (Fsp3) is 0.606. The predicted molar refractivity (Wildman–Crippen MR) is 175 cm³/mol. The van der Waals surface area contributed by atoms with Crippen molar-refractivity contribution >= 4 is 33.3 Å². The van der Waals surface area contributed by atoms with E-state index in [9.17, 15) is 14.9 Å². The number of hydrogen-bond donors (Lipinski definition) is 2. The minimum Gasteiger partial charge on any atom is -0.471 e. The Hall–Kier alpha value is -3.73. The quantitative estimate of drug-likeness (QED) is 0.361. The summed E-state index contributed by atoms with van der Waals surface area (Å²) in [5.41, 5.74) is 15.7. The largest absolute Gasteiger partial charge is 0.471 e. The maximum atomic E-state index is 14.5. The number of rotatable bonds is 7. The van der Waals surface area contributed by atoms with E-state index in [4.69, 9.17) is 30.9 Å². The number of carbonyl (C=O) groups is 1. The number of ketones is 1. The van der Waals surface area contributed by atoms with Gasteiger partial charge in [0.15, 0.2) is 11.2 Å². The van der Waals surface area contributed by atoms with Crippen molar-refractivity contribution in [3.63, 3.8) is 0 Å². The van der Waals surface area contributed by atoms with Crippen LogP contribution in [0, 0.1) is 11.3 Å². The third-order valence-electron chi connectivity index (χ3n) is 11.0. The van der Waals surface area contributed by atoms with Crippen LogP contribution in [0.15, 0.2) is 16.1 Å². The number of likely N-dealkylation sites (N-methyl/N-ethyl adjacent to an activating group) is 1. The van der Waals surface area contributed by atoms with Crippen LogP contribution in [0.4, 0.5) is 5.00 Å². The summed E-state index contributed by atoms with van der Waals surface area (Å²) < 4.78 is 15.3. The number of nitrogens with zero attached hydrogens (tertiary/aromatic N) is 6. The van der Waals surface area contributed by atoms with Crippen LogP contribution >= 0.6 is 11.3 Å². The van der Waals surface area contributed by atoms with E-state index in [0.717, 1.165) is 61.9 Å². The topological polar surface area (TPSA) is 167 Å². The number of ether oxygens (including phenoxy) is 2. The van der Waals surface area contributed by atoms with Crippen LogP contribution in [0.1, 0.15) is 97.4 Å². The zero-order valence-corrected chi connectivity index (χ0v) is 27.8. The minimum absolute atomic E-state index is 0.0344. The third kappa shape index (κ3) is 4.59. The number of imidazole rings is 1. The molecule has 0 aromatic carbocycles. The number of fused-ring (bicyclic) bond motifs is 3. The molecule has 1 aliphatic heterocycles. The van der Waals surface area contributed by atoms with Gasteiger partial charge in [0.05, 0.1) is 11.7 Å². The van der Waals surface area contributed by atoms with E-state index in [-0.39, 0.29) is 47.5 Å². The fourth-order valence-electron chi connectivity index (χ4n) is 8.45. The summed E-state index contributed by atoms with van der Waals surface area (Å²) in [6.45, 7) is 3.00. The van der Waals surface area contributed by atoms with Crippen LogP contribution in [0.5, 0.6) is 5.88 Å². The zero-order valence-electron chi connectivity index (χ0n) is 27.0. The number of hydrogen-bond acceptors (Lipinski definition) is 11. The molecular formula is C33H42N8O4S. The van der Waals surface area contributed by atoms with Gasteiger partial charge in [-0.1, -0.05) is 0 Å². The van der Waals surface area contributed by atoms with Crippen molar-refractivity contribution in [3.05, 3.63) is 43.6 Å². The molecule has 3 aromatic heterocycles. The van der Waals surface area contributed by atoms with Gasteiger partial charge in [0.25, 0.3) is 0 Å². The van der Waals surface area contributed by atoms with Gasteiger partial charge in [-0.25, -0.2) is 9.78 Å². The number of allylic oxidation sites excluding steroid dienone is 2. The number of aryl methyl sites for hydroxylation is 2. The molecule has 4 aliphatic rings. The molecule has 4 N–H and O–H groups in total. The highest BCUT2D eigenvalue weighted by atomic mass is 32.1. The number of nitrogens with two attached hydrogens (primary N) is 2. The van der Waals surface area contributed by atoms with Gasteiger partial charge in [-0.05, 0) is 90.3 Å². The average molecular weight is 647 g/mol. The second-order valence-electron chi connectivity index (χ2n) is 13.5. The van der Waals surface area contributed by atoms with Crippen LogP contribution in [-0.2, 0) is 23.6 Å². The van der Waals surface area contributed by atoms with E-state index in [1.807, 2.05) is 6.92 Å². The lowest BCUT2D eigenvalue weighted by Gasteiger charge is -2.42. The Kier molecular flexibility index (Phi) is 7.73. The van der Waals surface area contributed by atoms with Crippen molar-refractivity contribution in [3.8, 4) is 11.9 Å². The molecular weight excluding hydrogens is 604 g/mol. The van der Waals surface area contributed by atoms with Crippen molar-refractivity contribution in [2.24, 2.45) is 12.8 Å². The first kappa shape index (κ1) is 30.9. The molecule has 3 aliphatic carbocycles. The number of Topliss-reactive ketones (excluding diaryl/α,β-unsaturated/α-hetero) is 1. The van der Waals surface area contributed by atoms with Gasteiger partial charge in [0.2, 0.25) is 17.5 Å². The number of thiophene rings is 1. The number of aromatic nitrogens is 4. The summed E-state index contributed by atoms with van der Waals surface area (Å²) in [7, 11) is 5.46. The molecule has 0 unspecified atom stereocenters. The molecule has 0 amide bonds. The molecule has 1 saturated heterocycles. The third-order valence-corrected chi connectivity index (χ3v) is 12.1. The predicted octanol–water partition coefficient (Wildman–Crippen LogP) is 3.71. The number of nitrogen functional groups attached to an aromatic ring is 1. The molecule has 46 heavy (non-hydrogen) atoms. The molecule has 1 saturated carbocycles. The van der Waals surface area contributed by atoms with E-state index in [0.29, 0.717) is 52.3 Å². The summed E-state index contributed by atoms with van der Waals surface area (Å²) in [4.78, 5) is 41.1. The van der Waals surface area contributed by atoms with Gasteiger partial charge in [-0.3, -0.25) is 18.8 Å². The minimum atomic E-state index is -0.628. The molecule has 3 aromatic rings. The van der Waals surface area contributed by atoms with Crippen LogP contribution in [0.2, 0.25) is 0 Å². The first-order valence-corrected chi connectivity index (χ1v) is 17.1. The first-order chi connectivity index (χ1) is 22.1. The van der Waals surface area contributed by atoms with Gasteiger partial charge >= 0.3 is 5.69 Å². The van der Waals surface area contributed by atoms with E-state index in [1.165, 1.54) is 15.9 Å². The van der Waals surface area contributed by atoms with Gasteiger partial charge in [0, 0.05) is 47.8 Å². The van der Waals surface area contributed by atoms with Crippen molar-refractivity contribution in [2.75, 3.05) is 26.4 Å². The van der Waals surface area contributed by atoms with Crippen molar-refractivity contribution in [1.82, 2.24) is 24.0 Å². The van der Waals surface area contributed by atoms with E-state index >= 15 is 0 Å². The van der Waals surface area contributed by atoms with Crippen LogP contribution < -0.4 is 21.9 Å². The number of likely N-dealkylation sites (tertiary alicyclic amines) is 1. The fourth-order valence-corrected chi connectivity index (χ4v) is 9.61. The standard InChI is InChI=1S/C33H42N8O4S/c1-17(22-9-7-13-39(22)2)45-31-25-30(41(32(43)40(25)3)18-14-19(15-18)44-4)37-29(38-31)26(42)20-8-5-11-33(27(20)35)12-6-10-23-24(33)21(16-34)28(36)46-23/h17-19,22H,5-15,35-36H2,1-4H3/t17-,18?,19?,22-,33-/m0/s1. The molecule has 3 atom stereocenters. The van der Waals surface area contributed by atoms with Gasteiger partial charge in [-0.2, -0.15) is 10.2 Å². The van der Waals surface area contributed by atoms with E-state index in [2.05, 4.69) is 18.0 Å². The van der Waals surface area contributed by atoms with Gasteiger partial charge in [-0.15, -0.1) is 11.3 Å². The molecule has 1 spiro atoms. The summed E-state index contributed by atoms with van der Waals surface area (Å²) >= 11 is 1.46. The summed E-state index contributed by atoms with van der Waals surface area (Å²) in [5, 5.41) is 10.6. The normalized spacial score (nSPS) is 27.1. The Bertz CT molecular complexity index is 1860. The zero-order chi connectivity index (χ0) is 32.5. The highest BCUT2D eigenvalue weighted by Gasteiger charge is 2.47. The second-order valence-corrected chi connectivity index (χ2v) is 14.6. The number of methoxy groups -OCH3 is 1. The lowest BCUT2D eigenvalue weighted by molar-refractivity contribution is 0.00614. The Morgan fingerprint density at radius 1 is 1.15 bits per heavy atom. The molecule has 0 radical (unpaired) electrons. The van der Waals surface area contributed by atoms with Crippen molar-refractivity contribution in [1.29, 1.82) is 5.26 Å². The van der Waals surface area contributed by atoms with Gasteiger partial charge < -0.3 is 20.9 Å². The number of carbonyl (C=O) groups excluding carboxylic acids is 1. The maximum Gasteiger partial charge on any atom is 0.330 e. The van der Waals surface area contributed by atoms with Crippen molar-refractivity contribution in [2.45, 2.75) is 101 Å². The Morgan fingerprint density at radius 3 is 2.57 bits per heavy atom. The lowest BCUT2D eigenvalue weighted by Crippen LogP contribution is -2.41. The number of nitriles is 1. The molecule has 12 nitrogen and oxygen atoms in total. The first-order valence-electron chi connectivity index (χ1n) is 16.3. The van der Waals surface area contributed by atoms with Crippen LogP contribution in [0.25, 0.3) is 11.2 Å². The molecule has 7 rings (SSSR count).